The van der Waals surface area contributed by atoms with Crippen LogP contribution in [0.2, 0.25) is 0 Å². The molecule has 2 aromatic rings. The third-order valence-electron chi connectivity index (χ3n) is 3.74. The highest BCUT2D eigenvalue weighted by atomic mass is 16.6. The Morgan fingerprint density at radius 2 is 2.00 bits per heavy atom. The summed E-state index contributed by atoms with van der Waals surface area (Å²) in [6.07, 6.45) is 2.28. The Balaban J connectivity index is 2.04. The Bertz CT molecular complexity index is 846. The lowest BCUT2D eigenvalue weighted by Crippen LogP contribution is -2.06. The number of methoxy groups -OCH3 is 1. The van der Waals surface area contributed by atoms with Crippen molar-refractivity contribution in [3.63, 3.8) is 0 Å². The van der Waals surface area contributed by atoms with Gasteiger partial charge in [-0.25, -0.2) is 4.79 Å². The molecule has 0 aliphatic carbocycles. The summed E-state index contributed by atoms with van der Waals surface area (Å²) in [5.74, 6) is 0.637. The van der Waals surface area contributed by atoms with E-state index in [1.807, 2.05) is 6.92 Å². The number of carbonyl (C=O) groups excluding carboxylic acids is 1. The largest absolute Gasteiger partial charge is 0.493 e. The number of rotatable bonds is 8. The van der Waals surface area contributed by atoms with Crippen molar-refractivity contribution in [2.75, 3.05) is 13.7 Å². The molecule has 0 bridgehead atoms. The third kappa shape index (κ3) is 5.57. The SMILES string of the molecule is CCOc1ccc(/C=C/C(=O)O[C@@H](C)c2cccc([N+](=O)[O-])c2)cc1OC. The van der Waals surface area contributed by atoms with Gasteiger partial charge < -0.3 is 14.2 Å². The van der Waals surface area contributed by atoms with Crippen molar-refractivity contribution in [1.29, 1.82) is 0 Å². The smallest absolute Gasteiger partial charge is 0.331 e. The van der Waals surface area contributed by atoms with Crippen molar-refractivity contribution in [3.05, 3.63) is 69.8 Å². The molecule has 0 amide bonds. The number of esters is 1. The van der Waals surface area contributed by atoms with Gasteiger partial charge in [0.15, 0.2) is 11.5 Å². The Morgan fingerprint density at radius 1 is 1.22 bits per heavy atom. The molecule has 0 aliphatic rings. The second-order valence-corrected chi connectivity index (χ2v) is 5.61. The fraction of sp³-hybridized carbons (Fsp3) is 0.250. The monoisotopic (exact) mass is 371 g/mol. The second-order valence-electron chi connectivity index (χ2n) is 5.61. The van der Waals surface area contributed by atoms with Crippen LogP contribution in [-0.4, -0.2) is 24.6 Å². The minimum Gasteiger partial charge on any atom is -0.493 e. The lowest BCUT2D eigenvalue weighted by Gasteiger charge is -2.12. The lowest BCUT2D eigenvalue weighted by molar-refractivity contribution is -0.385. The number of carbonyl (C=O) groups is 1. The first-order valence-corrected chi connectivity index (χ1v) is 8.38. The van der Waals surface area contributed by atoms with Crippen LogP contribution in [0.3, 0.4) is 0 Å². The maximum Gasteiger partial charge on any atom is 0.331 e. The first kappa shape index (κ1) is 20.0. The quantitative estimate of drug-likeness (QED) is 0.297. The molecule has 1 atom stereocenters. The minimum absolute atomic E-state index is 0.0487. The molecule has 0 spiro atoms. The zero-order valence-corrected chi connectivity index (χ0v) is 15.4. The van der Waals surface area contributed by atoms with Gasteiger partial charge in [-0.3, -0.25) is 10.1 Å². The minimum atomic E-state index is -0.614. The molecular weight excluding hydrogens is 350 g/mol. The van der Waals surface area contributed by atoms with E-state index in [9.17, 15) is 14.9 Å². The first-order chi connectivity index (χ1) is 12.9. The standard InChI is InChI=1S/C20H21NO6/c1-4-26-18-10-8-15(12-19(18)25-3)9-11-20(22)27-14(2)16-6-5-7-17(13-16)21(23)24/h5-14H,4H2,1-3H3/b11-9+/t14-/m0/s1. The molecule has 0 aliphatic heterocycles. The maximum absolute atomic E-state index is 12.0. The molecule has 7 heteroatoms. The Labute approximate surface area is 157 Å². The molecule has 2 aromatic carbocycles. The molecule has 0 heterocycles. The number of nitro groups is 1. The molecular formula is C20H21NO6. The molecule has 0 saturated carbocycles. The summed E-state index contributed by atoms with van der Waals surface area (Å²) in [4.78, 5) is 22.4. The summed E-state index contributed by atoms with van der Waals surface area (Å²) in [6.45, 7) is 4.06. The molecule has 0 saturated heterocycles. The van der Waals surface area contributed by atoms with E-state index in [0.29, 0.717) is 23.7 Å². The third-order valence-corrected chi connectivity index (χ3v) is 3.74. The van der Waals surface area contributed by atoms with Crippen molar-refractivity contribution in [3.8, 4) is 11.5 Å². The van der Waals surface area contributed by atoms with Crippen LogP contribution >= 0.6 is 0 Å². The van der Waals surface area contributed by atoms with E-state index in [0.717, 1.165) is 5.56 Å². The predicted molar refractivity (Wildman–Crippen MR) is 101 cm³/mol. The summed E-state index contributed by atoms with van der Waals surface area (Å²) in [7, 11) is 1.54. The second kappa shape index (κ2) is 9.38. The van der Waals surface area contributed by atoms with Gasteiger partial charge >= 0.3 is 5.97 Å². The van der Waals surface area contributed by atoms with E-state index in [1.165, 1.54) is 18.2 Å². The molecule has 0 unspecified atom stereocenters. The highest BCUT2D eigenvalue weighted by Gasteiger charge is 2.13. The van der Waals surface area contributed by atoms with Gasteiger partial charge in [0.2, 0.25) is 0 Å². The van der Waals surface area contributed by atoms with Gasteiger partial charge in [0, 0.05) is 18.2 Å². The highest BCUT2D eigenvalue weighted by molar-refractivity contribution is 5.87. The highest BCUT2D eigenvalue weighted by Crippen LogP contribution is 2.28. The van der Waals surface area contributed by atoms with Gasteiger partial charge in [0.25, 0.3) is 5.69 Å². The summed E-state index contributed by atoms with van der Waals surface area (Å²) in [5, 5.41) is 10.8. The molecule has 27 heavy (non-hydrogen) atoms. The van der Waals surface area contributed by atoms with E-state index < -0.39 is 17.0 Å². The van der Waals surface area contributed by atoms with Crippen LogP contribution in [-0.2, 0) is 9.53 Å². The van der Waals surface area contributed by atoms with Crippen LogP contribution in [0.25, 0.3) is 6.08 Å². The van der Waals surface area contributed by atoms with E-state index in [1.54, 1.807) is 50.4 Å². The van der Waals surface area contributed by atoms with Crippen molar-refractivity contribution in [1.82, 2.24) is 0 Å². The molecule has 0 fully saturated rings. The number of benzene rings is 2. The zero-order valence-electron chi connectivity index (χ0n) is 15.4. The van der Waals surface area contributed by atoms with Crippen molar-refractivity contribution in [2.45, 2.75) is 20.0 Å². The van der Waals surface area contributed by atoms with Gasteiger partial charge in [-0.1, -0.05) is 18.2 Å². The molecule has 142 valence electrons. The summed E-state index contributed by atoms with van der Waals surface area (Å²) < 4.78 is 16.0. The van der Waals surface area contributed by atoms with E-state index in [4.69, 9.17) is 14.2 Å². The fourth-order valence-electron chi connectivity index (χ4n) is 2.40. The number of non-ortho nitro benzene ring substituents is 1. The van der Waals surface area contributed by atoms with Crippen LogP contribution < -0.4 is 9.47 Å². The summed E-state index contributed by atoms with van der Waals surface area (Å²) in [5.41, 5.74) is 1.25. The van der Waals surface area contributed by atoms with Crippen molar-refractivity contribution < 1.29 is 23.9 Å². The zero-order chi connectivity index (χ0) is 19.8. The maximum atomic E-state index is 12.0. The molecule has 0 N–H and O–H groups in total. The van der Waals surface area contributed by atoms with Crippen LogP contribution in [0.4, 0.5) is 5.69 Å². The number of nitrogens with zero attached hydrogens (tertiary/aromatic N) is 1. The summed E-state index contributed by atoms with van der Waals surface area (Å²) >= 11 is 0. The van der Waals surface area contributed by atoms with E-state index >= 15 is 0 Å². The average Bonchev–Trinajstić information content (AvgIpc) is 2.67. The summed E-state index contributed by atoms with van der Waals surface area (Å²) in [6, 6.07) is 11.3. The predicted octanol–water partition coefficient (Wildman–Crippen LogP) is 4.32. The lowest BCUT2D eigenvalue weighted by atomic mass is 10.1. The van der Waals surface area contributed by atoms with E-state index in [-0.39, 0.29) is 5.69 Å². The van der Waals surface area contributed by atoms with Gasteiger partial charge in [-0.05, 0) is 43.2 Å². The van der Waals surface area contributed by atoms with E-state index in [2.05, 4.69) is 0 Å². The number of hydrogen-bond acceptors (Lipinski definition) is 6. The van der Waals surface area contributed by atoms with Gasteiger partial charge in [-0.15, -0.1) is 0 Å². The van der Waals surface area contributed by atoms with Crippen molar-refractivity contribution >= 4 is 17.7 Å². The first-order valence-electron chi connectivity index (χ1n) is 8.38. The number of ether oxygens (including phenoxy) is 3. The average molecular weight is 371 g/mol. The Hall–Kier alpha value is -3.35. The van der Waals surface area contributed by atoms with Crippen molar-refractivity contribution in [2.24, 2.45) is 0 Å². The Morgan fingerprint density at radius 3 is 2.67 bits per heavy atom. The van der Waals surface area contributed by atoms with Gasteiger partial charge in [0.1, 0.15) is 6.10 Å². The van der Waals surface area contributed by atoms with Crippen LogP contribution in [0.15, 0.2) is 48.5 Å². The normalized spacial score (nSPS) is 11.8. The fourth-order valence-corrected chi connectivity index (χ4v) is 2.40. The van der Waals surface area contributed by atoms with Crippen LogP contribution in [0.1, 0.15) is 31.1 Å². The number of hydrogen-bond donors (Lipinski definition) is 0. The van der Waals surface area contributed by atoms with Crippen LogP contribution in [0.5, 0.6) is 11.5 Å². The topological polar surface area (TPSA) is 87.9 Å². The molecule has 0 aromatic heterocycles. The van der Waals surface area contributed by atoms with Gasteiger partial charge in [-0.2, -0.15) is 0 Å². The molecule has 7 nitrogen and oxygen atoms in total. The molecule has 0 radical (unpaired) electrons. The Kier molecular flexibility index (Phi) is 6.93. The van der Waals surface area contributed by atoms with Crippen LogP contribution in [0, 0.1) is 10.1 Å². The molecule has 2 rings (SSSR count). The number of nitro benzene ring substituents is 1. The van der Waals surface area contributed by atoms with Gasteiger partial charge in [0.05, 0.1) is 18.6 Å².